The molecule has 0 spiro atoms. The van der Waals surface area contributed by atoms with Gasteiger partial charge in [-0.05, 0) is 84.1 Å². The SMILES string of the molecule is Cc1cc(-c2ccncc2N2CCCC(N(C)C(=O)OC(C)(C)C)C2=O)ccc1CNC(=O)c1cn(C(C)(C)C)nn1. The van der Waals surface area contributed by atoms with Crippen LogP contribution in [0.25, 0.3) is 11.1 Å². The second-order valence-corrected chi connectivity index (χ2v) is 12.7. The van der Waals surface area contributed by atoms with Crippen molar-refractivity contribution in [3.63, 3.8) is 0 Å². The minimum atomic E-state index is -0.654. The van der Waals surface area contributed by atoms with Gasteiger partial charge in [0.1, 0.15) is 11.6 Å². The molecule has 1 fully saturated rings. The standard InChI is InChI=1S/C31H41N7O4/c1-20-16-21(11-12-22(20)17-33-27(39)24-19-38(35-34-24)30(2,3)4)23-13-14-32-18-26(23)37-15-9-10-25(28(37)40)36(8)29(41)42-31(5,6)7/h11-14,16,18-19,25H,9-10,15,17H2,1-8H3,(H,33,39). The summed E-state index contributed by atoms with van der Waals surface area (Å²) in [5.41, 5.74) is 3.76. The number of benzene rings is 1. The van der Waals surface area contributed by atoms with Crippen molar-refractivity contribution in [3.8, 4) is 11.1 Å². The first-order valence-corrected chi connectivity index (χ1v) is 14.2. The molecule has 1 aliphatic rings. The Kier molecular flexibility index (Phi) is 8.70. The van der Waals surface area contributed by atoms with Crippen LogP contribution in [0.1, 0.15) is 76.0 Å². The van der Waals surface area contributed by atoms with Gasteiger partial charge in [-0.1, -0.05) is 23.4 Å². The number of rotatable bonds is 6. The number of amides is 3. The molecule has 42 heavy (non-hydrogen) atoms. The largest absolute Gasteiger partial charge is 0.444 e. The van der Waals surface area contributed by atoms with Gasteiger partial charge in [-0.2, -0.15) is 0 Å². The highest BCUT2D eigenvalue weighted by Gasteiger charge is 2.37. The molecule has 3 aromatic rings. The van der Waals surface area contributed by atoms with E-state index in [2.05, 4.69) is 20.6 Å². The average Bonchev–Trinajstić information content (AvgIpc) is 3.43. The van der Waals surface area contributed by atoms with Crippen LogP contribution in [0.2, 0.25) is 0 Å². The lowest BCUT2D eigenvalue weighted by Gasteiger charge is -2.37. The van der Waals surface area contributed by atoms with E-state index in [4.69, 9.17) is 4.74 Å². The summed E-state index contributed by atoms with van der Waals surface area (Å²) in [7, 11) is 1.61. The predicted molar refractivity (Wildman–Crippen MR) is 160 cm³/mol. The normalized spacial score (nSPS) is 15.9. The molecule has 224 valence electrons. The molecule has 0 saturated carbocycles. The van der Waals surface area contributed by atoms with Crippen molar-refractivity contribution in [1.82, 2.24) is 30.2 Å². The maximum Gasteiger partial charge on any atom is 0.410 e. The Morgan fingerprint density at radius 1 is 1.14 bits per heavy atom. The highest BCUT2D eigenvalue weighted by atomic mass is 16.6. The van der Waals surface area contributed by atoms with Gasteiger partial charge in [-0.25, -0.2) is 9.48 Å². The van der Waals surface area contributed by atoms with Crippen molar-refractivity contribution in [3.05, 3.63) is 59.7 Å². The van der Waals surface area contributed by atoms with E-state index in [1.807, 2.05) is 52.0 Å². The lowest BCUT2D eigenvalue weighted by atomic mass is 9.97. The fourth-order valence-corrected chi connectivity index (χ4v) is 4.78. The molecule has 1 saturated heterocycles. The van der Waals surface area contributed by atoms with Crippen molar-refractivity contribution in [2.24, 2.45) is 0 Å². The number of carbonyl (C=O) groups is 3. The smallest absolute Gasteiger partial charge is 0.410 e. The Morgan fingerprint density at radius 2 is 1.88 bits per heavy atom. The zero-order chi connectivity index (χ0) is 30.8. The highest BCUT2D eigenvalue weighted by Crippen LogP contribution is 2.34. The molecule has 1 unspecified atom stereocenters. The number of likely N-dealkylation sites (N-methyl/N-ethyl adjacent to an activating group) is 1. The first-order chi connectivity index (χ1) is 19.7. The molecule has 1 aromatic carbocycles. The lowest BCUT2D eigenvalue weighted by molar-refractivity contribution is -0.124. The van der Waals surface area contributed by atoms with Crippen LogP contribution in [0.4, 0.5) is 10.5 Å². The van der Waals surface area contributed by atoms with Crippen LogP contribution >= 0.6 is 0 Å². The molecule has 1 N–H and O–H groups in total. The number of hydrogen-bond donors (Lipinski definition) is 1. The third kappa shape index (κ3) is 6.95. The zero-order valence-corrected chi connectivity index (χ0v) is 25.8. The molecule has 11 heteroatoms. The molecule has 1 atom stereocenters. The van der Waals surface area contributed by atoms with Gasteiger partial charge in [-0.15, -0.1) is 5.10 Å². The minimum absolute atomic E-state index is 0.164. The van der Waals surface area contributed by atoms with E-state index >= 15 is 0 Å². The molecule has 0 aliphatic carbocycles. The van der Waals surface area contributed by atoms with E-state index in [1.54, 1.807) is 56.0 Å². The number of nitrogens with one attached hydrogen (secondary N) is 1. The van der Waals surface area contributed by atoms with Crippen LogP contribution in [0, 0.1) is 6.92 Å². The average molecular weight is 576 g/mol. The third-order valence-corrected chi connectivity index (χ3v) is 7.16. The number of aryl methyl sites for hydroxylation is 1. The van der Waals surface area contributed by atoms with Crippen LogP contribution in [0.15, 0.2) is 42.9 Å². The van der Waals surface area contributed by atoms with Gasteiger partial charge in [-0.3, -0.25) is 19.5 Å². The van der Waals surface area contributed by atoms with E-state index < -0.39 is 17.7 Å². The molecular formula is C31H41N7O4. The molecule has 3 amide bonds. The summed E-state index contributed by atoms with van der Waals surface area (Å²) in [6, 6.07) is 7.24. The molecule has 2 aromatic heterocycles. The first-order valence-electron chi connectivity index (χ1n) is 14.2. The zero-order valence-electron chi connectivity index (χ0n) is 25.8. The Hall–Kier alpha value is -4.28. The summed E-state index contributed by atoms with van der Waals surface area (Å²) in [6.07, 6.45) is 5.81. The van der Waals surface area contributed by atoms with E-state index in [-0.39, 0.29) is 23.0 Å². The number of pyridine rings is 1. The van der Waals surface area contributed by atoms with E-state index in [0.29, 0.717) is 25.2 Å². The highest BCUT2D eigenvalue weighted by molar-refractivity contribution is 6.02. The van der Waals surface area contributed by atoms with Crippen LogP contribution < -0.4 is 10.2 Å². The number of aromatic nitrogens is 4. The van der Waals surface area contributed by atoms with Crippen LogP contribution in [0.3, 0.4) is 0 Å². The number of hydrogen-bond acceptors (Lipinski definition) is 7. The second kappa shape index (κ2) is 11.9. The van der Waals surface area contributed by atoms with Crippen molar-refractivity contribution >= 4 is 23.6 Å². The molecule has 11 nitrogen and oxygen atoms in total. The topological polar surface area (TPSA) is 123 Å². The Labute approximate surface area is 247 Å². The quantitative estimate of drug-likeness (QED) is 0.452. The van der Waals surface area contributed by atoms with Crippen molar-refractivity contribution < 1.29 is 19.1 Å². The van der Waals surface area contributed by atoms with Crippen LogP contribution in [-0.4, -0.2) is 68.0 Å². The number of ether oxygens (including phenoxy) is 1. The van der Waals surface area contributed by atoms with E-state index in [0.717, 1.165) is 28.7 Å². The van der Waals surface area contributed by atoms with Gasteiger partial charge < -0.3 is 15.0 Å². The summed E-state index contributed by atoms with van der Waals surface area (Å²) in [5.74, 6) is -0.455. The van der Waals surface area contributed by atoms with Crippen molar-refractivity contribution in [2.75, 3.05) is 18.5 Å². The van der Waals surface area contributed by atoms with E-state index in [9.17, 15) is 14.4 Å². The molecule has 0 radical (unpaired) electrons. The summed E-state index contributed by atoms with van der Waals surface area (Å²) in [4.78, 5) is 46.5. The molecule has 3 heterocycles. The van der Waals surface area contributed by atoms with Crippen LogP contribution in [0.5, 0.6) is 0 Å². The number of anilines is 1. The summed E-state index contributed by atoms with van der Waals surface area (Å²) >= 11 is 0. The van der Waals surface area contributed by atoms with Gasteiger partial charge in [0.25, 0.3) is 5.91 Å². The summed E-state index contributed by atoms with van der Waals surface area (Å²) < 4.78 is 7.17. The van der Waals surface area contributed by atoms with Gasteiger partial charge in [0.2, 0.25) is 5.91 Å². The fourth-order valence-electron chi connectivity index (χ4n) is 4.78. The Morgan fingerprint density at radius 3 is 2.52 bits per heavy atom. The minimum Gasteiger partial charge on any atom is -0.444 e. The maximum absolute atomic E-state index is 13.7. The molecule has 4 rings (SSSR count). The summed E-state index contributed by atoms with van der Waals surface area (Å²) in [6.45, 7) is 14.2. The second-order valence-electron chi connectivity index (χ2n) is 12.7. The Bertz CT molecular complexity index is 1470. The molecular weight excluding hydrogens is 534 g/mol. The van der Waals surface area contributed by atoms with Crippen molar-refractivity contribution in [1.29, 1.82) is 0 Å². The van der Waals surface area contributed by atoms with Crippen LogP contribution in [-0.2, 0) is 21.6 Å². The lowest BCUT2D eigenvalue weighted by Crippen LogP contribution is -2.54. The van der Waals surface area contributed by atoms with Gasteiger partial charge >= 0.3 is 6.09 Å². The van der Waals surface area contributed by atoms with Gasteiger partial charge in [0.15, 0.2) is 5.69 Å². The number of nitrogens with zero attached hydrogens (tertiary/aromatic N) is 6. The Balaban J connectivity index is 1.50. The first kappa shape index (κ1) is 30.7. The maximum atomic E-state index is 13.7. The van der Waals surface area contributed by atoms with Gasteiger partial charge in [0, 0.05) is 31.9 Å². The van der Waals surface area contributed by atoms with E-state index in [1.165, 1.54) is 4.90 Å². The van der Waals surface area contributed by atoms with Gasteiger partial charge in [0.05, 0.1) is 23.6 Å². The molecule has 1 aliphatic heterocycles. The number of carbonyl (C=O) groups excluding carboxylic acids is 3. The summed E-state index contributed by atoms with van der Waals surface area (Å²) in [5, 5.41) is 11.0. The third-order valence-electron chi connectivity index (χ3n) is 7.16. The van der Waals surface area contributed by atoms with Crippen molar-refractivity contribution in [2.45, 2.75) is 85.0 Å². The number of piperidine rings is 1. The molecule has 0 bridgehead atoms. The predicted octanol–water partition coefficient (Wildman–Crippen LogP) is 4.70. The monoisotopic (exact) mass is 575 g/mol. The fraction of sp³-hybridized carbons (Fsp3) is 0.484.